The van der Waals surface area contributed by atoms with Gasteiger partial charge in [0.05, 0.1) is 11.6 Å². The fourth-order valence-corrected chi connectivity index (χ4v) is 2.20. The van der Waals surface area contributed by atoms with Gasteiger partial charge in [-0.25, -0.2) is 4.39 Å². The van der Waals surface area contributed by atoms with E-state index in [4.69, 9.17) is 5.26 Å². The van der Waals surface area contributed by atoms with E-state index in [2.05, 4.69) is 24.4 Å². The third kappa shape index (κ3) is 3.36. The van der Waals surface area contributed by atoms with Crippen LogP contribution in [-0.2, 0) is 0 Å². The second-order valence-corrected chi connectivity index (χ2v) is 4.70. The van der Waals surface area contributed by atoms with E-state index < -0.39 is 5.82 Å². The topological polar surface area (TPSA) is 35.8 Å². The van der Waals surface area contributed by atoms with Crippen molar-refractivity contribution in [2.75, 3.05) is 5.32 Å². The highest BCUT2D eigenvalue weighted by Crippen LogP contribution is 2.25. The molecule has 0 spiro atoms. The molecule has 0 heterocycles. The molecule has 0 fully saturated rings. The van der Waals surface area contributed by atoms with Gasteiger partial charge in [-0.3, -0.25) is 0 Å². The van der Waals surface area contributed by atoms with Gasteiger partial charge in [-0.05, 0) is 30.2 Å². The van der Waals surface area contributed by atoms with Crippen LogP contribution in [0.1, 0.15) is 36.9 Å². The molecule has 2 aromatic rings. The molecule has 0 aliphatic heterocycles. The predicted molar refractivity (Wildman–Crippen MR) is 78.8 cm³/mol. The second-order valence-electron chi connectivity index (χ2n) is 4.70. The number of nitrogens with one attached hydrogen (secondary N) is 1. The van der Waals surface area contributed by atoms with E-state index >= 15 is 0 Å². The van der Waals surface area contributed by atoms with Crippen molar-refractivity contribution < 1.29 is 4.39 Å². The van der Waals surface area contributed by atoms with Gasteiger partial charge in [0.15, 0.2) is 0 Å². The van der Waals surface area contributed by atoms with Crippen molar-refractivity contribution in [3.05, 3.63) is 65.5 Å². The van der Waals surface area contributed by atoms with Crippen molar-refractivity contribution in [3.8, 4) is 6.07 Å². The highest BCUT2D eigenvalue weighted by molar-refractivity contribution is 5.51. The maximum absolute atomic E-state index is 13.3. The minimum Gasteiger partial charge on any atom is -0.378 e. The first-order valence-corrected chi connectivity index (χ1v) is 6.75. The normalized spacial score (nSPS) is 11.7. The summed E-state index contributed by atoms with van der Waals surface area (Å²) < 4.78 is 13.3. The lowest BCUT2D eigenvalue weighted by atomic mass is 10.0. The first kappa shape index (κ1) is 14.1. The molecule has 1 N–H and O–H groups in total. The van der Waals surface area contributed by atoms with Gasteiger partial charge in [0, 0.05) is 5.69 Å². The monoisotopic (exact) mass is 268 g/mol. The maximum atomic E-state index is 13.3. The molecule has 3 heteroatoms. The molecule has 0 saturated carbocycles. The van der Waals surface area contributed by atoms with E-state index in [1.165, 1.54) is 11.6 Å². The van der Waals surface area contributed by atoms with Gasteiger partial charge >= 0.3 is 0 Å². The van der Waals surface area contributed by atoms with Crippen molar-refractivity contribution in [1.29, 1.82) is 5.26 Å². The summed E-state index contributed by atoms with van der Waals surface area (Å²) in [6, 6.07) is 16.7. The molecule has 2 aromatic carbocycles. The van der Waals surface area contributed by atoms with Crippen LogP contribution in [0.3, 0.4) is 0 Å². The molecule has 1 atom stereocenters. The Hall–Kier alpha value is -2.34. The zero-order valence-electron chi connectivity index (χ0n) is 11.4. The molecule has 0 bridgehead atoms. The van der Waals surface area contributed by atoms with Crippen molar-refractivity contribution >= 4 is 5.69 Å². The molecule has 1 unspecified atom stereocenters. The summed E-state index contributed by atoms with van der Waals surface area (Å²) in [5.41, 5.74) is 2.03. The zero-order valence-corrected chi connectivity index (χ0v) is 11.4. The number of halogens is 1. The van der Waals surface area contributed by atoms with Gasteiger partial charge in [0.1, 0.15) is 11.9 Å². The van der Waals surface area contributed by atoms with Crippen LogP contribution in [0.2, 0.25) is 0 Å². The third-order valence-electron chi connectivity index (χ3n) is 3.21. The van der Waals surface area contributed by atoms with Gasteiger partial charge in [0.25, 0.3) is 0 Å². The summed E-state index contributed by atoms with van der Waals surface area (Å²) >= 11 is 0. The third-order valence-corrected chi connectivity index (χ3v) is 3.21. The lowest BCUT2D eigenvalue weighted by molar-refractivity contribution is 0.623. The van der Waals surface area contributed by atoms with Crippen molar-refractivity contribution in [2.24, 2.45) is 0 Å². The van der Waals surface area contributed by atoms with Crippen LogP contribution in [0.15, 0.2) is 48.5 Å². The first-order chi connectivity index (χ1) is 9.74. The van der Waals surface area contributed by atoms with Gasteiger partial charge in [0.2, 0.25) is 0 Å². The number of nitrogens with zero attached hydrogens (tertiary/aromatic N) is 1. The summed E-state index contributed by atoms with van der Waals surface area (Å²) in [5.74, 6) is -0.482. The number of anilines is 1. The molecular weight excluding hydrogens is 251 g/mol. The number of hydrogen-bond donors (Lipinski definition) is 1. The fraction of sp³-hybridized carbons (Fsp3) is 0.235. The molecule has 2 nitrogen and oxygen atoms in total. The van der Waals surface area contributed by atoms with Crippen molar-refractivity contribution in [1.82, 2.24) is 0 Å². The largest absolute Gasteiger partial charge is 0.378 e. The molecule has 2 rings (SSSR count). The molecule has 20 heavy (non-hydrogen) atoms. The van der Waals surface area contributed by atoms with E-state index in [1.807, 2.05) is 24.3 Å². The molecule has 0 saturated heterocycles. The summed E-state index contributed by atoms with van der Waals surface area (Å²) in [6.07, 6.45) is 2.02. The molecule has 0 radical (unpaired) electrons. The lowest BCUT2D eigenvalue weighted by Gasteiger charge is -2.20. The Balaban J connectivity index is 2.23. The van der Waals surface area contributed by atoms with Crippen LogP contribution in [0.4, 0.5) is 10.1 Å². The Morgan fingerprint density at radius 3 is 2.60 bits per heavy atom. The van der Waals surface area contributed by atoms with Crippen molar-refractivity contribution in [2.45, 2.75) is 25.8 Å². The molecule has 0 aliphatic rings. The average Bonchev–Trinajstić information content (AvgIpc) is 2.49. The van der Waals surface area contributed by atoms with E-state index in [0.29, 0.717) is 0 Å². The Morgan fingerprint density at radius 1 is 1.20 bits per heavy atom. The molecule has 0 amide bonds. The molecule has 0 aromatic heterocycles. The smallest absolute Gasteiger partial charge is 0.141 e. The fourth-order valence-electron chi connectivity index (χ4n) is 2.20. The van der Waals surface area contributed by atoms with Crippen molar-refractivity contribution in [3.63, 3.8) is 0 Å². The Kier molecular flexibility index (Phi) is 4.73. The van der Waals surface area contributed by atoms with E-state index in [0.717, 1.165) is 18.5 Å². The summed E-state index contributed by atoms with van der Waals surface area (Å²) in [6.45, 7) is 2.13. The Morgan fingerprint density at radius 2 is 1.95 bits per heavy atom. The number of nitriles is 1. The Bertz CT molecular complexity index is 602. The molecular formula is C17H17FN2. The highest BCUT2D eigenvalue weighted by Gasteiger charge is 2.11. The van der Waals surface area contributed by atoms with Gasteiger partial charge in [-0.15, -0.1) is 0 Å². The summed E-state index contributed by atoms with van der Waals surface area (Å²) in [7, 11) is 0. The van der Waals surface area contributed by atoms with E-state index in [1.54, 1.807) is 12.1 Å². The van der Waals surface area contributed by atoms with Crippen LogP contribution in [0.25, 0.3) is 0 Å². The Labute approximate surface area is 118 Å². The summed E-state index contributed by atoms with van der Waals surface area (Å²) in [5, 5.41) is 12.3. The zero-order chi connectivity index (χ0) is 14.4. The number of rotatable bonds is 5. The quantitative estimate of drug-likeness (QED) is 0.856. The van der Waals surface area contributed by atoms with Crippen LogP contribution < -0.4 is 5.32 Å². The van der Waals surface area contributed by atoms with Gasteiger partial charge in [-0.1, -0.05) is 43.7 Å². The standard InChI is InChI=1S/C17H17FN2/c1-2-6-17(13-7-4-3-5-8-13)20-15-9-10-16(18)14(11-15)12-19/h3-5,7-11,17,20H,2,6H2,1H3. The van der Waals surface area contributed by atoms with Crippen LogP contribution in [0, 0.1) is 17.1 Å². The average molecular weight is 268 g/mol. The lowest BCUT2D eigenvalue weighted by Crippen LogP contribution is -2.10. The predicted octanol–water partition coefficient (Wildman–Crippen LogP) is 4.65. The molecule has 0 aliphatic carbocycles. The minimum atomic E-state index is -0.482. The maximum Gasteiger partial charge on any atom is 0.141 e. The number of hydrogen-bond acceptors (Lipinski definition) is 2. The van der Waals surface area contributed by atoms with Crippen LogP contribution in [-0.4, -0.2) is 0 Å². The molecule has 102 valence electrons. The number of benzene rings is 2. The SMILES string of the molecule is CCCC(Nc1ccc(F)c(C#N)c1)c1ccccc1. The second kappa shape index (κ2) is 6.72. The van der Waals surface area contributed by atoms with Crippen LogP contribution in [0.5, 0.6) is 0 Å². The first-order valence-electron chi connectivity index (χ1n) is 6.75. The highest BCUT2D eigenvalue weighted by atomic mass is 19.1. The van der Waals surface area contributed by atoms with Gasteiger partial charge in [-0.2, -0.15) is 5.26 Å². The minimum absolute atomic E-state index is 0.0679. The van der Waals surface area contributed by atoms with E-state index in [-0.39, 0.29) is 11.6 Å². The summed E-state index contributed by atoms with van der Waals surface area (Å²) in [4.78, 5) is 0. The van der Waals surface area contributed by atoms with Crippen LogP contribution >= 0.6 is 0 Å². The van der Waals surface area contributed by atoms with E-state index in [9.17, 15) is 4.39 Å². The van der Waals surface area contributed by atoms with Gasteiger partial charge < -0.3 is 5.32 Å².